The molecule has 0 aliphatic heterocycles. The average molecular weight is 437 g/mol. The van der Waals surface area contributed by atoms with E-state index in [0.29, 0.717) is 14.8 Å². The highest BCUT2D eigenvalue weighted by Crippen LogP contribution is 2.40. The number of amides is 1. The lowest BCUT2D eigenvalue weighted by Gasteiger charge is -2.20. The quantitative estimate of drug-likeness (QED) is 0.721. The van der Waals surface area contributed by atoms with Crippen molar-refractivity contribution in [1.29, 1.82) is 0 Å². The Labute approximate surface area is 145 Å². The molecule has 0 radical (unpaired) electrons. The predicted molar refractivity (Wildman–Crippen MR) is 89.7 cm³/mol. The van der Waals surface area contributed by atoms with Crippen LogP contribution >= 0.6 is 22.6 Å². The van der Waals surface area contributed by atoms with Crippen LogP contribution in [-0.2, 0) is 11.0 Å². The predicted octanol–water partition coefficient (Wildman–Crippen LogP) is 4.46. The maximum absolute atomic E-state index is 13.5. The molecular weight excluding hydrogens is 422 g/mol. The molecule has 0 aliphatic rings. The van der Waals surface area contributed by atoms with Crippen molar-refractivity contribution < 1.29 is 18.0 Å². The maximum atomic E-state index is 13.5. The molecule has 1 aromatic carbocycles. The van der Waals surface area contributed by atoms with Crippen LogP contribution in [0.5, 0.6) is 0 Å². The number of anilines is 1. The van der Waals surface area contributed by atoms with E-state index < -0.39 is 11.7 Å². The van der Waals surface area contributed by atoms with Gasteiger partial charge in [0, 0.05) is 18.3 Å². The van der Waals surface area contributed by atoms with Gasteiger partial charge in [0.25, 0.3) is 0 Å². The fourth-order valence-corrected chi connectivity index (χ4v) is 2.63. The van der Waals surface area contributed by atoms with E-state index in [0.717, 1.165) is 0 Å². The number of nitrogens with one attached hydrogen (secondary N) is 1. The van der Waals surface area contributed by atoms with Crippen LogP contribution in [0.3, 0.4) is 0 Å². The molecule has 0 fully saturated rings. The third-order valence-corrected chi connectivity index (χ3v) is 4.11. The highest BCUT2D eigenvalue weighted by molar-refractivity contribution is 14.1. The standard InChI is InChI=1S/C15H15F3IN3O/c1-4-13(23)21-11-5-12(22-7-10(19)6-20-22)14(15(16,17)18)9(3)8(11)2/h5-7H,4H2,1-3H3,(H,21,23). The van der Waals surface area contributed by atoms with Gasteiger partial charge in [0.1, 0.15) is 0 Å². The average Bonchev–Trinajstić information content (AvgIpc) is 2.88. The first-order chi connectivity index (χ1) is 10.6. The Morgan fingerprint density at radius 2 is 2.00 bits per heavy atom. The lowest BCUT2D eigenvalue weighted by Crippen LogP contribution is -2.17. The third-order valence-electron chi connectivity index (χ3n) is 3.56. The fraction of sp³-hybridized carbons (Fsp3) is 0.333. The summed E-state index contributed by atoms with van der Waals surface area (Å²) < 4.78 is 42.4. The third kappa shape index (κ3) is 3.67. The summed E-state index contributed by atoms with van der Waals surface area (Å²) in [7, 11) is 0. The molecule has 0 saturated carbocycles. The SMILES string of the molecule is CCC(=O)Nc1cc(-n2cc(I)cn2)c(C(F)(F)F)c(C)c1C. The highest BCUT2D eigenvalue weighted by atomic mass is 127. The minimum atomic E-state index is -4.52. The largest absolute Gasteiger partial charge is 0.418 e. The second kappa shape index (κ2) is 6.50. The molecule has 0 aliphatic carbocycles. The summed E-state index contributed by atoms with van der Waals surface area (Å²) in [6.45, 7) is 4.64. The van der Waals surface area contributed by atoms with E-state index in [-0.39, 0.29) is 23.6 Å². The van der Waals surface area contributed by atoms with Gasteiger partial charge in [-0.15, -0.1) is 0 Å². The summed E-state index contributed by atoms with van der Waals surface area (Å²) >= 11 is 1.98. The zero-order chi connectivity index (χ0) is 17.4. The number of carbonyl (C=O) groups is 1. The Kier molecular flexibility index (Phi) is 5.02. The van der Waals surface area contributed by atoms with Crippen LogP contribution in [0.4, 0.5) is 18.9 Å². The Morgan fingerprint density at radius 3 is 2.48 bits per heavy atom. The van der Waals surface area contributed by atoms with Gasteiger partial charge >= 0.3 is 6.18 Å². The molecular formula is C15H15F3IN3O. The van der Waals surface area contributed by atoms with Gasteiger partial charge in [0.15, 0.2) is 0 Å². The summed E-state index contributed by atoms with van der Waals surface area (Å²) in [5.41, 5.74) is -0.0154. The number of carbonyl (C=O) groups excluding carboxylic acids is 1. The van der Waals surface area contributed by atoms with Crippen molar-refractivity contribution >= 4 is 34.2 Å². The van der Waals surface area contributed by atoms with Gasteiger partial charge in [-0.3, -0.25) is 4.79 Å². The van der Waals surface area contributed by atoms with Gasteiger partial charge in [0.05, 0.1) is 21.0 Å². The number of alkyl halides is 3. The molecule has 124 valence electrons. The zero-order valence-electron chi connectivity index (χ0n) is 12.8. The van der Waals surface area contributed by atoms with Crippen LogP contribution in [0.15, 0.2) is 18.5 Å². The molecule has 1 N–H and O–H groups in total. The van der Waals surface area contributed by atoms with E-state index in [2.05, 4.69) is 10.4 Å². The van der Waals surface area contributed by atoms with Crippen molar-refractivity contribution in [3.63, 3.8) is 0 Å². The van der Waals surface area contributed by atoms with Gasteiger partial charge in [-0.05, 0) is 53.6 Å². The van der Waals surface area contributed by atoms with Crippen LogP contribution in [-0.4, -0.2) is 15.7 Å². The number of hydrogen-bond donors (Lipinski definition) is 1. The molecule has 0 atom stereocenters. The Hall–Kier alpha value is -1.58. The van der Waals surface area contributed by atoms with Crippen molar-refractivity contribution in [3.8, 4) is 5.69 Å². The lowest BCUT2D eigenvalue weighted by atomic mass is 9.98. The Bertz CT molecular complexity index is 753. The second-order valence-corrected chi connectivity index (χ2v) is 6.32. The molecule has 0 unspecified atom stereocenters. The summed E-state index contributed by atoms with van der Waals surface area (Å²) in [5.74, 6) is -0.256. The van der Waals surface area contributed by atoms with E-state index in [1.165, 1.54) is 30.1 Å². The maximum Gasteiger partial charge on any atom is 0.418 e. The van der Waals surface area contributed by atoms with E-state index in [9.17, 15) is 18.0 Å². The number of hydrogen-bond acceptors (Lipinski definition) is 2. The van der Waals surface area contributed by atoms with Gasteiger partial charge in [-0.25, -0.2) is 4.68 Å². The van der Waals surface area contributed by atoms with Crippen molar-refractivity contribution in [2.24, 2.45) is 0 Å². The molecule has 0 spiro atoms. The molecule has 1 amide bonds. The van der Waals surface area contributed by atoms with Crippen LogP contribution in [0.25, 0.3) is 5.69 Å². The molecule has 4 nitrogen and oxygen atoms in total. The Balaban J connectivity index is 2.72. The lowest BCUT2D eigenvalue weighted by molar-refractivity contribution is -0.138. The number of benzene rings is 1. The number of rotatable bonds is 3. The van der Waals surface area contributed by atoms with Crippen molar-refractivity contribution in [1.82, 2.24) is 9.78 Å². The van der Waals surface area contributed by atoms with Crippen LogP contribution in [0.1, 0.15) is 30.0 Å². The zero-order valence-corrected chi connectivity index (χ0v) is 14.9. The molecule has 2 rings (SSSR count). The molecule has 2 aromatic rings. The number of nitrogens with zero attached hydrogens (tertiary/aromatic N) is 2. The number of aromatic nitrogens is 2. The first kappa shape index (κ1) is 17.8. The van der Waals surface area contributed by atoms with Crippen molar-refractivity contribution in [2.45, 2.75) is 33.4 Å². The summed E-state index contributed by atoms with van der Waals surface area (Å²) in [6, 6.07) is 1.32. The smallest absolute Gasteiger partial charge is 0.326 e. The van der Waals surface area contributed by atoms with Crippen molar-refractivity contribution in [2.75, 3.05) is 5.32 Å². The topological polar surface area (TPSA) is 46.9 Å². The van der Waals surface area contributed by atoms with E-state index in [4.69, 9.17) is 0 Å². The van der Waals surface area contributed by atoms with Gasteiger partial charge in [-0.2, -0.15) is 18.3 Å². The molecule has 1 heterocycles. The van der Waals surface area contributed by atoms with Gasteiger partial charge < -0.3 is 5.32 Å². The second-order valence-electron chi connectivity index (χ2n) is 5.07. The molecule has 0 saturated heterocycles. The minimum Gasteiger partial charge on any atom is -0.326 e. The fourth-order valence-electron chi connectivity index (χ4n) is 2.24. The molecule has 1 aromatic heterocycles. The van der Waals surface area contributed by atoms with Crippen LogP contribution in [0.2, 0.25) is 0 Å². The Morgan fingerprint density at radius 1 is 1.35 bits per heavy atom. The molecule has 8 heteroatoms. The van der Waals surface area contributed by atoms with Gasteiger partial charge in [0.2, 0.25) is 5.91 Å². The first-order valence-electron chi connectivity index (χ1n) is 6.87. The number of halogens is 4. The van der Waals surface area contributed by atoms with E-state index in [1.807, 2.05) is 22.6 Å². The molecule has 0 bridgehead atoms. The monoisotopic (exact) mass is 437 g/mol. The van der Waals surface area contributed by atoms with Gasteiger partial charge in [-0.1, -0.05) is 6.92 Å². The van der Waals surface area contributed by atoms with E-state index >= 15 is 0 Å². The first-order valence-corrected chi connectivity index (χ1v) is 7.94. The highest BCUT2D eigenvalue weighted by Gasteiger charge is 2.37. The summed E-state index contributed by atoms with van der Waals surface area (Å²) in [6.07, 6.45) is -1.30. The van der Waals surface area contributed by atoms with Crippen LogP contribution in [0, 0.1) is 17.4 Å². The van der Waals surface area contributed by atoms with Crippen LogP contribution < -0.4 is 5.32 Å². The van der Waals surface area contributed by atoms with Crippen molar-refractivity contribution in [3.05, 3.63) is 38.7 Å². The normalized spacial score (nSPS) is 11.6. The molecule has 23 heavy (non-hydrogen) atoms. The minimum absolute atomic E-state index is 0.0758. The van der Waals surface area contributed by atoms with E-state index in [1.54, 1.807) is 13.8 Å². The summed E-state index contributed by atoms with van der Waals surface area (Å²) in [5, 5.41) is 6.61. The summed E-state index contributed by atoms with van der Waals surface area (Å²) in [4.78, 5) is 11.6.